The maximum atomic E-state index is 11.8. The predicted octanol–water partition coefficient (Wildman–Crippen LogP) is 2.50. The second-order valence-corrected chi connectivity index (χ2v) is 6.23. The molecule has 5 heteroatoms. The highest BCUT2D eigenvalue weighted by Gasteiger charge is 2.20. The molecule has 0 aliphatic heterocycles. The van der Waals surface area contributed by atoms with Crippen LogP contribution in [0.15, 0.2) is 12.1 Å². The highest BCUT2D eigenvalue weighted by atomic mass is 35.5. The van der Waals surface area contributed by atoms with E-state index in [1.807, 2.05) is 19.2 Å². The molecule has 1 N–H and O–H groups in total. The summed E-state index contributed by atoms with van der Waals surface area (Å²) in [6.45, 7) is 1.44. The highest BCUT2D eigenvalue weighted by Crippen LogP contribution is 2.22. The number of thiophene rings is 1. The number of halogens is 1. The van der Waals surface area contributed by atoms with Gasteiger partial charge in [-0.05, 0) is 25.0 Å². The quantitative estimate of drug-likeness (QED) is 0.863. The molecule has 17 heavy (non-hydrogen) atoms. The Morgan fingerprint density at radius 1 is 1.59 bits per heavy atom. The van der Waals surface area contributed by atoms with Crippen LogP contribution in [0.25, 0.3) is 0 Å². The number of carbonyl (C=O) groups is 1. The maximum Gasteiger partial charge on any atom is 0.223 e. The Labute approximate surface area is 111 Å². The summed E-state index contributed by atoms with van der Waals surface area (Å²) in [6.07, 6.45) is 3.10. The van der Waals surface area contributed by atoms with Crippen molar-refractivity contribution in [1.82, 2.24) is 10.2 Å². The van der Waals surface area contributed by atoms with Crippen LogP contribution in [0, 0.1) is 0 Å². The number of rotatable bonds is 6. The molecule has 0 saturated heterocycles. The molecule has 1 fully saturated rings. The van der Waals surface area contributed by atoms with E-state index < -0.39 is 0 Å². The number of hydrogen-bond donors (Lipinski definition) is 1. The van der Waals surface area contributed by atoms with Gasteiger partial charge in [-0.15, -0.1) is 11.3 Å². The zero-order valence-corrected chi connectivity index (χ0v) is 11.5. The lowest BCUT2D eigenvalue weighted by molar-refractivity contribution is -0.130. The fourth-order valence-corrected chi connectivity index (χ4v) is 2.76. The Morgan fingerprint density at radius 2 is 2.35 bits per heavy atom. The molecule has 0 bridgehead atoms. The van der Waals surface area contributed by atoms with Gasteiger partial charge in [0.15, 0.2) is 0 Å². The van der Waals surface area contributed by atoms with Crippen LogP contribution in [-0.4, -0.2) is 30.4 Å². The van der Waals surface area contributed by atoms with Crippen molar-refractivity contribution in [3.8, 4) is 0 Å². The van der Waals surface area contributed by atoms with Gasteiger partial charge < -0.3 is 10.2 Å². The molecular formula is C12H17ClN2OS. The van der Waals surface area contributed by atoms with E-state index in [9.17, 15) is 4.79 Å². The summed E-state index contributed by atoms with van der Waals surface area (Å²) >= 11 is 7.38. The van der Waals surface area contributed by atoms with E-state index >= 15 is 0 Å². The fourth-order valence-electron chi connectivity index (χ4n) is 1.62. The number of carbonyl (C=O) groups excluding carboxylic acids is 1. The van der Waals surface area contributed by atoms with Gasteiger partial charge in [0.25, 0.3) is 0 Å². The monoisotopic (exact) mass is 272 g/mol. The zero-order valence-electron chi connectivity index (χ0n) is 9.91. The van der Waals surface area contributed by atoms with Crippen LogP contribution in [-0.2, 0) is 11.3 Å². The minimum Gasteiger partial charge on any atom is -0.341 e. The molecule has 3 nitrogen and oxygen atoms in total. The lowest BCUT2D eigenvalue weighted by Crippen LogP contribution is -2.29. The van der Waals surface area contributed by atoms with E-state index in [0.29, 0.717) is 19.0 Å². The van der Waals surface area contributed by atoms with Crippen molar-refractivity contribution < 1.29 is 4.79 Å². The lowest BCUT2D eigenvalue weighted by Gasteiger charge is -2.16. The minimum absolute atomic E-state index is 0.183. The van der Waals surface area contributed by atoms with Crippen molar-refractivity contribution in [1.29, 1.82) is 0 Å². The fraction of sp³-hybridized carbons (Fsp3) is 0.583. The summed E-state index contributed by atoms with van der Waals surface area (Å²) in [5.41, 5.74) is 0. The van der Waals surface area contributed by atoms with Crippen molar-refractivity contribution in [3.05, 3.63) is 21.3 Å². The van der Waals surface area contributed by atoms with Crippen molar-refractivity contribution in [2.75, 3.05) is 13.6 Å². The van der Waals surface area contributed by atoms with Gasteiger partial charge in [0.2, 0.25) is 5.91 Å². The van der Waals surface area contributed by atoms with Crippen molar-refractivity contribution in [2.24, 2.45) is 0 Å². The van der Waals surface area contributed by atoms with Gasteiger partial charge in [0, 0.05) is 30.9 Å². The Hall–Kier alpha value is -0.580. The average molecular weight is 273 g/mol. The lowest BCUT2D eigenvalue weighted by atomic mass is 10.3. The normalized spacial score (nSPS) is 14.9. The first-order valence-electron chi connectivity index (χ1n) is 5.86. The van der Waals surface area contributed by atoms with Crippen LogP contribution in [0.4, 0.5) is 0 Å². The molecule has 1 saturated carbocycles. The first kappa shape index (κ1) is 12.9. The van der Waals surface area contributed by atoms with Gasteiger partial charge in [-0.2, -0.15) is 0 Å². The molecule has 1 aliphatic carbocycles. The van der Waals surface area contributed by atoms with E-state index in [0.717, 1.165) is 15.8 Å². The summed E-state index contributed by atoms with van der Waals surface area (Å²) < 4.78 is 0.774. The second kappa shape index (κ2) is 5.85. The topological polar surface area (TPSA) is 32.3 Å². The average Bonchev–Trinajstić information content (AvgIpc) is 3.02. The molecule has 2 rings (SSSR count). The van der Waals surface area contributed by atoms with Gasteiger partial charge in [-0.25, -0.2) is 0 Å². The van der Waals surface area contributed by atoms with E-state index in [1.54, 1.807) is 4.90 Å². The molecule has 0 unspecified atom stereocenters. The van der Waals surface area contributed by atoms with E-state index in [1.165, 1.54) is 24.2 Å². The third-order valence-electron chi connectivity index (χ3n) is 2.80. The first-order valence-corrected chi connectivity index (χ1v) is 7.06. The number of hydrogen-bond acceptors (Lipinski definition) is 3. The highest BCUT2D eigenvalue weighted by molar-refractivity contribution is 7.16. The molecule has 94 valence electrons. The molecule has 0 aromatic carbocycles. The third-order valence-corrected chi connectivity index (χ3v) is 4.01. The van der Waals surface area contributed by atoms with Crippen LogP contribution >= 0.6 is 22.9 Å². The van der Waals surface area contributed by atoms with Crippen LogP contribution in [0.3, 0.4) is 0 Å². The largest absolute Gasteiger partial charge is 0.341 e. The summed E-state index contributed by atoms with van der Waals surface area (Å²) in [4.78, 5) is 14.7. The summed E-state index contributed by atoms with van der Waals surface area (Å²) in [5, 5.41) is 3.34. The molecule has 1 heterocycles. The maximum absolute atomic E-state index is 11.8. The number of nitrogens with one attached hydrogen (secondary N) is 1. The van der Waals surface area contributed by atoms with E-state index in [-0.39, 0.29) is 5.91 Å². The summed E-state index contributed by atoms with van der Waals surface area (Å²) in [6, 6.07) is 4.51. The van der Waals surface area contributed by atoms with Crippen LogP contribution in [0.5, 0.6) is 0 Å². The Morgan fingerprint density at radius 3 is 2.94 bits per heavy atom. The predicted molar refractivity (Wildman–Crippen MR) is 71.4 cm³/mol. The van der Waals surface area contributed by atoms with Crippen molar-refractivity contribution >= 4 is 28.8 Å². The smallest absolute Gasteiger partial charge is 0.223 e. The minimum atomic E-state index is 0.183. The molecule has 0 atom stereocenters. The van der Waals surface area contributed by atoms with Crippen molar-refractivity contribution in [3.63, 3.8) is 0 Å². The van der Waals surface area contributed by atoms with Gasteiger partial charge in [0.1, 0.15) is 0 Å². The molecule has 1 aromatic heterocycles. The molecule has 0 spiro atoms. The van der Waals surface area contributed by atoms with Crippen molar-refractivity contribution in [2.45, 2.75) is 31.8 Å². The van der Waals surface area contributed by atoms with Gasteiger partial charge in [0.05, 0.1) is 10.9 Å². The molecule has 1 amide bonds. The first-order chi connectivity index (χ1) is 8.15. The Balaban J connectivity index is 1.70. The van der Waals surface area contributed by atoms with E-state index in [2.05, 4.69) is 5.32 Å². The van der Waals surface area contributed by atoms with Gasteiger partial charge in [-0.1, -0.05) is 11.6 Å². The van der Waals surface area contributed by atoms with Gasteiger partial charge >= 0.3 is 0 Å². The van der Waals surface area contributed by atoms with E-state index in [4.69, 9.17) is 11.6 Å². The van der Waals surface area contributed by atoms with Crippen LogP contribution in [0.2, 0.25) is 4.34 Å². The number of nitrogens with zero attached hydrogens (tertiary/aromatic N) is 1. The third kappa shape index (κ3) is 4.30. The standard InChI is InChI=1S/C12H17ClN2OS/c1-15(8-10-4-5-11(13)17-10)12(16)6-7-14-9-2-3-9/h4-5,9,14H,2-3,6-8H2,1H3. The molecular weight excluding hydrogens is 256 g/mol. The van der Waals surface area contributed by atoms with Crippen LogP contribution in [0.1, 0.15) is 24.1 Å². The zero-order chi connectivity index (χ0) is 12.3. The second-order valence-electron chi connectivity index (χ2n) is 4.43. The summed E-state index contributed by atoms with van der Waals surface area (Å²) in [5.74, 6) is 0.183. The molecule has 0 radical (unpaired) electrons. The van der Waals surface area contributed by atoms with Gasteiger partial charge in [-0.3, -0.25) is 4.79 Å². The molecule has 1 aromatic rings. The summed E-state index contributed by atoms with van der Waals surface area (Å²) in [7, 11) is 1.84. The Kier molecular flexibility index (Phi) is 4.42. The molecule has 1 aliphatic rings. The SMILES string of the molecule is CN(Cc1ccc(Cl)s1)C(=O)CCNC1CC1. The Bertz CT molecular complexity index is 390. The van der Waals surface area contributed by atoms with Crippen LogP contribution < -0.4 is 5.32 Å². The number of amides is 1.